The van der Waals surface area contributed by atoms with Crippen LogP contribution in [0.3, 0.4) is 0 Å². The molecule has 1 aliphatic heterocycles. The third-order valence-corrected chi connectivity index (χ3v) is 3.66. The number of aromatic nitrogens is 2. The zero-order chi connectivity index (χ0) is 13.2. The number of hydrogen-bond donors (Lipinski definition) is 1. The molecule has 6 heteroatoms. The standard InChI is InChI=1S/C12H19N3O2S/c1-12(2,3)10-8(4-5-17-10)6-13-11(16)9-7-14-18-15-9/h7-8,10H,4-6H2,1-3H3,(H,13,16)/t8-,10+/m1/s1. The first-order valence-corrected chi connectivity index (χ1v) is 6.89. The van der Waals surface area contributed by atoms with Crippen LogP contribution in [0.5, 0.6) is 0 Å². The van der Waals surface area contributed by atoms with Crippen molar-refractivity contribution in [2.75, 3.05) is 13.2 Å². The van der Waals surface area contributed by atoms with E-state index in [4.69, 9.17) is 4.74 Å². The Labute approximate surface area is 111 Å². The third kappa shape index (κ3) is 3.05. The number of hydrogen-bond acceptors (Lipinski definition) is 5. The van der Waals surface area contributed by atoms with Crippen molar-refractivity contribution in [1.82, 2.24) is 14.1 Å². The highest BCUT2D eigenvalue weighted by Gasteiger charge is 2.37. The normalized spacial score (nSPS) is 24.2. The molecule has 0 bridgehead atoms. The second kappa shape index (κ2) is 5.32. The maximum atomic E-state index is 11.8. The fourth-order valence-electron chi connectivity index (χ4n) is 2.38. The van der Waals surface area contributed by atoms with Crippen molar-refractivity contribution < 1.29 is 9.53 Å². The lowest BCUT2D eigenvalue weighted by Gasteiger charge is -2.31. The molecule has 2 heterocycles. The highest BCUT2D eigenvalue weighted by atomic mass is 32.1. The van der Waals surface area contributed by atoms with Gasteiger partial charge in [-0.25, -0.2) is 0 Å². The Morgan fingerprint density at radius 1 is 1.61 bits per heavy atom. The molecule has 0 spiro atoms. The minimum absolute atomic E-state index is 0.105. The van der Waals surface area contributed by atoms with Crippen LogP contribution < -0.4 is 5.32 Å². The number of rotatable bonds is 3. The van der Waals surface area contributed by atoms with Gasteiger partial charge in [0.25, 0.3) is 5.91 Å². The Balaban J connectivity index is 1.88. The predicted molar refractivity (Wildman–Crippen MR) is 69.5 cm³/mol. The van der Waals surface area contributed by atoms with E-state index in [1.54, 1.807) is 0 Å². The summed E-state index contributed by atoms with van der Waals surface area (Å²) in [6, 6.07) is 0. The van der Waals surface area contributed by atoms with Crippen LogP contribution >= 0.6 is 11.7 Å². The predicted octanol–water partition coefficient (Wildman–Crippen LogP) is 1.72. The third-order valence-electron chi connectivity index (χ3n) is 3.19. The lowest BCUT2D eigenvalue weighted by molar-refractivity contribution is 0.00736. The molecule has 0 radical (unpaired) electrons. The molecule has 2 rings (SSSR count). The van der Waals surface area contributed by atoms with Crippen molar-refractivity contribution in [1.29, 1.82) is 0 Å². The summed E-state index contributed by atoms with van der Waals surface area (Å²) in [5.74, 6) is 0.226. The van der Waals surface area contributed by atoms with Crippen LogP contribution in [0.1, 0.15) is 37.7 Å². The summed E-state index contributed by atoms with van der Waals surface area (Å²) in [4.78, 5) is 11.8. The molecule has 100 valence electrons. The number of carbonyl (C=O) groups is 1. The highest BCUT2D eigenvalue weighted by Crippen LogP contribution is 2.34. The summed E-state index contributed by atoms with van der Waals surface area (Å²) in [5, 5.41) is 2.91. The lowest BCUT2D eigenvalue weighted by atomic mass is 9.81. The van der Waals surface area contributed by atoms with E-state index in [1.165, 1.54) is 6.20 Å². The number of ether oxygens (including phenoxy) is 1. The van der Waals surface area contributed by atoms with E-state index >= 15 is 0 Å². The Morgan fingerprint density at radius 2 is 2.39 bits per heavy atom. The molecular formula is C12H19N3O2S. The fourth-order valence-corrected chi connectivity index (χ4v) is 2.79. The lowest BCUT2D eigenvalue weighted by Crippen LogP contribution is -2.38. The van der Waals surface area contributed by atoms with E-state index in [0.717, 1.165) is 24.8 Å². The van der Waals surface area contributed by atoms with Gasteiger partial charge < -0.3 is 10.1 Å². The number of carbonyl (C=O) groups excluding carboxylic acids is 1. The van der Waals surface area contributed by atoms with Gasteiger partial charge in [0, 0.05) is 19.1 Å². The molecule has 5 nitrogen and oxygen atoms in total. The second-order valence-corrected chi connectivity index (χ2v) is 6.27. The number of nitrogens with one attached hydrogen (secondary N) is 1. The molecule has 0 saturated carbocycles. The van der Waals surface area contributed by atoms with E-state index in [9.17, 15) is 4.79 Å². The maximum absolute atomic E-state index is 11.8. The largest absolute Gasteiger partial charge is 0.377 e. The van der Waals surface area contributed by atoms with Crippen LogP contribution in [0.25, 0.3) is 0 Å². The average molecular weight is 269 g/mol. The van der Waals surface area contributed by atoms with Gasteiger partial charge in [0.1, 0.15) is 0 Å². The van der Waals surface area contributed by atoms with E-state index in [-0.39, 0.29) is 17.4 Å². The van der Waals surface area contributed by atoms with Gasteiger partial charge >= 0.3 is 0 Å². The molecule has 18 heavy (non-hydrogen) atoms. The molecular weight excluding hydrogens is 250 g/mol. The zero-order valence-corrected chi connectivity index (χ0v) is 11.8. The summed E-state index contributed by atoms with van der Waals surface area (Å²) < 4.78 is 13.5. The summed E-state index contributed by atoms with van der Waals surface area (Å²) in [6.07, 6.45) is 2.69. The van der Waals surface area contributed by atoms with E-state index in [0.29, 0.717) is 18.2 Å². The quantitative estimate of drug-likeness (QED) is 0.907. The van der Waals surface area contributed by atoms with Crippen molar-refractivity contribution in [3.8, 4) is 0 Å². The van der Waals surface area contributed by atoms with Gasteiger partial charge in [-0.05, 0) is 11.8 Å². The van der Waals surface area contributed by atoms with Crippen LogP contribution in [0.4, 0.5) is 0 Å². The van der Waals surface area contributed by atoms with Crippen molar-refractivity contribution in [3.05, 3.63) is 11.9 Å². The smallest absolute Gasteiger partial charge is 0.272 e. The Bertz CT molecular complexity index is 400. The molecule has 2 atom stereocenters. The molecule has 1 N–H and O–H groups in total. The Kier molecular flexibility index (Phi) is 3.97. The van der Waals surface area contributed by atoms with E-state index in [2.05, 4.69) is 34.8 Å². The van der Waals surface area contributed by atoms with Gasteiger partial charge in [-0.2, -0.15) is 8.75 Å². The van der Waals surface area contributed by atoms with Crippen LogP contribution in [0, 0.1) is 11.3 Å². The van der Waals surface area contributed by atoms with Gasteiger partial charge in [-0.15, -0.1) is 0 Å². The van der Waals surface area contributed by atoms with Crippen molar-refractivity contribution in [3.63, 3.8) is 0 Å². The van der Waals surface area contributed by atoms with Crippen LogP contribution in [-0.2, 0) is 4.74 Å². The fraction of sp³-hybridized carbons (Fsp3) is 0.750. The summed E-state index contributed by atoms with van der Waals surface area (Å²) in [6.45, 7) is 7.92. The van der Waals surface area contributed by atoms with Gasteiger partial charge in [0.2, 0.25) is 0 Å². The van der Waals surface area contributed by atoms with Crippen molar-refractivity contribution >= 4 is 17.6 Å². The average Bonchev–Trinajstić information content (AvgIpc) is 2.95. The first-order valence-electron chi connectivity index (χ1n) is 6.16. The summed E-state index contributed by atoms with van der Waals surface area (Å²) in [7, 11) is 0. The Morgan fingerprint density at radius 3 is 3.00 bits per heavy atom. The maximum Gasteiger partial charge on any atom is 0.272 e. The first kappa shape index (κ1) is 13.4. The SMILES string of the molecule is CC(C)(C)[C@H]1OCC[C@@H]1CNC(=O)c1cnsn1. The minimum atomic E-state index is -0.150. The summed E-state index contributed by atoms with van der Waals surface area (Å²) >= 11 is 1.05. The van der Waals surface area contributed by atoms with Crippen LogP contribution in [0.2, 0.25) is 0 Å². The molecule has 0 unspecified atom stereocenters. The molecule has 1 amide bonds. The van der Waals surface area contributed by atoms with Crippen LogP contribution in [-0.4, -0.2) is 33.9 Å². The van der Waals surface area contributed by atoms with E-state index < -0.39 is 0 Å². The summed E-state index contributed by atoms with van der Waals surface area (Å²) in [5.41, 5.74) is 0.500. The van der Waals surface area contributed by atoms with Gasteiger partial charge in [0.15, 0.2) is 5.69 Å². The van der Waals surface area contributed by atoms with Crippen molar-refractivity contribution in [2.45, 2.75) is 33.3 Å². The molecule has 0 aliphatic carbocycles. The van der Waals surface area contributed by atoms with E-state index in [1.807, 2.05) is 0 Å². The number of amides is 1. The Hall–Kier alpha value is -1.01. The van der Waals surface area contributed by atoms with Crippen LogP contribution in [0.15, 0.2) is 6.20 Å². The first-order chi connectivity index (χ1) is 8.48. The topological polar surface area (TPSA) is 64.1 Å². The minimum Gasteiger partial charge on any atom is -0.377 e. The molecule has 0 aromatic carbocycles. The molecule has 1 aromatic rings. The van der Waals surface area contributed by atoms with Gasteiger partial charge in [-0.3, -0.25) is 4.79 Å². The molecule has 1 saturated heterocycles. The van der Waals surface area contributed by atoms with Crippen molar-refractivity contribution in [2.24, 2.45) is 11.3 Å². The zero-order valence-electron chi connectivity index (χ0n) is 11.0. The molecule has 1 aliphatic rings. The highest BCUT2D eigenvalue weighted by molar-refractivity contribution is 6.99. The van der Waals surface area contributed by atoms with Gasteiger partial charge in [-0.1, -0.05) is 20.8 Å². The monoisotopic (exact) mass is 269 g/mol. The molecule has 1 aromatic heterocycles. The van der Waals surface area contributed by atoms with Gasteiger partial charge in [0.05, 0.1) is 24.0 Å². The number of nitrogens with zero attached hydrogens (tertiary/aromatic N) is 2. The molecule has 1 fully saturated rings. The second-order valence-electron chi connectivity index (χ2n) is 5.71.